The van der Waals surface area contributed by atoms with Gasteiger partial charge in [0.2, 0.25) is 0 Å². The predicted octanol–water partition coefficient (Wildman–Crippen LogP) is 3.53. The lowest BCUT2D eigenvalue weighted by molar-refractivity contribution is 0.0505. The van der Waals surface area contributed by atoms with Crippen LogP contribution in [0.1, 0.15) is 34.8 Å². The number of rotatable bonds is 5. The molecule has 1 heterocycles. The van der Waals surface area contributed by atoms with E-state index in [1.54, 1.807) is 35.0 Å². The molecule has 0 bridgehead atoms. The second kappa shape index (κ2) is 7.40. The Kier molecular flexibility index (Phi) is 5.55. The summed E-state index contributed by atoms with van der Waals surface area (Å²) < 4.78 is 7.28. The van der Waals surface area contributed by atoms with E-state index in [0.29, 0.717) is 23.2 Å². The maximum atomic E-state index is 12.1. The zero-order chi connectivity index (χ0) is 16.1. The number of ether oxygens (including phenoxy) is 1. The topological polar surface area (TPSA) is 48.3 Å². The molecule has 116 valence electrons. The molecule has 0 unspecified atom stereocenters. The van der Waals surface area contributed by atoms with Gasteiger partial charge in [-0.3, -0.25) is 4.79 Å². The summed E-state index contributed by atoms with van der Waals surface area (Å²) in [5.74, 6) is -0.332. The van der Waals surface area contributed by atoms with Gasteiger partial charge in [0, 0.05) is 6.20 Å². The number of esters is 1. The minimum Gasteiger partial charge on any atom is -0.462 e. The Morgan fingerprint density at radius 2 is 2.09 bits per heavy atom. The fraction of sp³-hybridized carbons (Fsp3) is 0.294. The van der Waals surface area contributed by atoms with Crippen molar-refractivity contribution in [3.05, 3.63) is 68.0 Å². The first-order valence-corrected chi connectivity index (χ1v) is 7.93. The average Bonchev–Trinajstić information content (AvgIpc) is 2.50. The number of hydrogen-bond acceptors (Lipinski definition) is 3. The molecule has 0 aliphatic rings. The van der Waals surface area contributed by atoms with Gasteiger partial charge >= 0.3 is 5.97 Å². The Labute approximate surface area is 137 Å². The maximum absolute atomic E-state index is 12.1. The zero-order valence-corrected chi connectivity index (χ0v) is 14.2. The van der Waals surface area contributed by atoms with Crippen LogP contribution < -0.4 is 5.56 Å². The maximum Gasteiger partial charge on any atom is 0.338 e. The molecule has 0 aliphatic heterocycles. The Morgan fingerprint density at radius 1 is 1.32 bits per heavy atom. The van der Waals surface area contributed by atoms with Crippen LogP contribution in [0.2, 0.25) is 0 Å². The van der Waals surface area contributed by atoms with Gasteiger partial charge in [-0.05, 0) is 58.6 Å². The summed E-state index contributed by atoms with van der Waals surface area (Å²) in [6.45, 7) is 4.70. The first-order chi connectivity index (χ1) is 10.5. The number of hydrogen-bond donors (Lipinski definition) is 0. The SMILES string of the molecule is CCCOC(=O)c1cccc(Cn2cc(C)cc(Br)c2=O)c1. The van der Waals surface area contributed by atoms with Crippen LogP contribution in [0.25, 0.3) is 0 Å². The highest BCUT2D eigenvalue weighted by molar-refractivity contribution is 9.10. The molecule has 2 rings (SSSR count). The number of aryl methyl sites for hydroxylation is 1. The second-order valence-corrected chi connectivity index (χ2v) is 5.99. The molecule has 0 aliphatic carbocycles. The molecular formula is C17H18BrNO3. The molecule has 0 radical (unpaired) electrons. The van der Waals surface area contributed by atoms with Crippen molar-refractivity contribution in [2.45, 2.75) is 26.8 Å². The van der Waals surface area contributed by atoms with Crippen LogP contribution in [0.4, 0.5) is 0 Å². The van der Waals surface area contributed by atoms with Crippen molar-refractivity contribution in [3.63, 3.8) is 0 Å². The van der Waals surface area contributed by atoms with Crippen LogP contribution in [0.5, 0.6) is 0 Å². The highest BCUT2D eigenvalue weighted by Gasteiger charge is 2.09. The fourth-order valence-electron chi connectivity index (χ4n) is 2.13. The number of carbonyl (C=O) groups is 1. The number of halogens is 1. The van der Waals surface area contributed by atoms with Crippen molar-refractivity contribution < 1.29 is 9.53 Å². The van der Waals surface area contributed by atoms with E-state index in [4.69, 9.17) is 4.74 Å². The van der Waals surface area contributed by atoms with Gasteiger partial charge in [-0.15, -0.1) is 0 Å². The van der Waals surface area contributed by atoms with Gasteiger partial charge in [-0.1, -0.05) is 19.1 Å². The summed E-state index contributed by atoms with van der Waals surface area (Å²) in [5, 5.41) is 0. The van der Waals surface area contributed by atoms with E-state index in [1.807, 2.05) is 19.9 Å². The van der Waals surface area contributed by atoms with Crippen LogP contribution in [0.3, 0.4) is 0 Å². The molecule has 1 aromatic heterocycles. The third-order valence-corrected chi connectivity index (χ3v) is 3.70. The lowest BCUT2D eigenvalue weighted by atomic mass is 10.1. The van der Waals surface area contributed by atoms with E-state index in [-0.39, 0.29) is 11.5 Å². The van der Waals surface area contributed by atoms with Gasteiger partial charge in [-0.25, -0.2) is 4.79 Å². The Hall–Kier alpha value is -1.88. The number of pyridine rings is 1. The average molecular weight is 364 g/mol. The van der Waals surface area contributed by atoms with E-state index in [0.717, 1.165) is 17.5 Å². The second-order valence-electron chi connectivity index (χ2n) is 5.13. The van der Waals surface area contributed by atoms with Gasteiger partial charge in [-0.2, -0.15) is 0 Å². The van der Waals surface area contributed by atoms with E-state index in [2.05, 4.69) is 15.9 Å². The third-order valence-electron chi connectivity index (χ3n) is 3.13. The van der Waals surface area contributed by atoms with Crippen LogP contribution in [-0.2, 0) is 11.3 Å². The minimum atomic E-state index is -0.332. The van der Waals surface area contributed by atoms with Gasteiger partial charge in [0.15, 0.2) is 0 Å². The highest BCUT2D eigenvalue weighted by atomic mass is 79.9. The normalized spacial score (nSPS) is 10.5. The Bertz CT molecular complexity index is 737. The molecule has 0 saturated carbocycles. The number of nitrogens with zero attached hydrogens (tertiary/aromatic N) is 1. The molecule has 0 N–H and O–H groups in total. The molecule has 1 aromatic carbocycles. The first-order valence-electron chi connectivity index (χ1n) is 7.14. The molecule has 4 nitrogen and oxygen atoms in total. The van der Waals surface area contributed by atoms with Crippen molar-refractivity contribution >= 4 is 21.9 Å². The van der Waals surface area contributed by atoms with Crippen molar-refractivity contribution in [2.24, 2.45) is 0 Å². The first kappa shape index (κ1) is 16.5. The minimum absolute atomic E-state index is 0.0930. The summed E-state index contributed by atoms with van der Waals surface area (Å²) >= 11 is 3.27. The van der Waals surface area contributed by atoms with E-state index in [9.17, 15) is 9.59 Å². The quantitative estimate of drug-likeness (QED) is 0.763. The summed E-state index contributed by atoms with van der Waals surface area (Å²) in [6, 6.07) is 8.96. The standard InChI is InChI=1S/C17H18BrNO3/c1-3-7-22-17(21)14-6-4-5-13(9-14)11-19-10-12(2)8-15(18)16(19)20/h4-6,8-10H,3,7,11H2,1-2H3. The number of benzene rings is 1. The van der Waals surface area contributed by atoms with Gasteiger partial charge in [0.25, 0.3) is 5.56 Å². The molecule has 2 aromatic rings. The Balaban J connectivity index is 2.24. The highest BCUT2D eigenvalue weighted by Crippen LogP contribution is 2.11. The van der Waals surface area contributed by atoms with Crippen LogP contribution >= 0.6 is 15.9 Å². The van der Waals surface area contributed by atoms with Gasteiger partial charge < -0.3 is 9.30 Å². The van der Waals surface area contributed by atoms with E-state index < -0.39 is 0 Å². The van der Waals surface area contributed by atoms with E-state index >= 15 is 0 Å². The molecular weight excluding hydrogens is 346 g/mol. The fourth-order valence-corrected chi connectivity index (χ4v) is 2.72. The van der Waals surface area contributed by atoms with Crippen LogP contribution in [-0.4, -0.2) is 17.1 Å². The number of carbonyl (C=O) groups excluding carboxylic acids is 1. The molecule has 0 saturated heterocycles. The smallest absolute Gasteiger partial charge is 0.338 e. The number of aromatic nitrogens is 1. The summed E-state index contributed by atoms with van der Waals surface area (Å²) in [6.07, 6.45) is 2.59. The summed E-state index contributed by atoms with van der Waals surface area (Å²) in [4.78, 5) is 24.0. The summed E-state index contributed by atoms with van der Waals surface area (Å²) in [7, 11) is 0. The van der Waals surface area contributed by atoms with Crippen molar-refractivity contribution in [1.82, 2.24) is 4.57 Å². The summed E-state index contributed by atoms with van der Waals surface area (Å²) in [5.41, 5.74) is 2.28. The van der Waals surface area contributed by atoms with Crippen molar-refractivity contribution in [2.75, 3.05) is 6.61 Å². The van der Waals surface area contributed by atoms with E-state index in [1.165, 1.54) is 0 Å². The monoisotopic (exact) mass is 363 g/mol. The lowest BCUT2D eigenvalue weighted by Crippen LogP contribution is -2.21. The molecule has 5 heteroatoms. The predicted molar refractivity (Wildman–Crippen MR) is 89.3 cm³/mol. The van der Waals surface area contributed by atoms with Gasteiger partial charge in [0.05, 0.1) is 23.2 Å². The van der Waals surface area contributed by atoms with Crippen molar-refractivity contribution in [3.8, 4) is 0 Å². The molecule has 0 fully saturated rings. The third kappa shape index (κ3) is 4.07. The lowest BCUT2D eigenvalue weighted by Gasteiger charge is -2.09. The largest absolute Gasteiger partial charge is 0.462 e. The van der Waals surface area contributed by atoms with Crippen molar-refractivity contribution in [1.29, 1.82) is 0 Å². The Morgan fingerprint density at radius 3 is 2.82 bits per heavy atom. The molecule has 0 atom stereocenters. The zero-order valence-electron chi connectivity index (χ0n) is 12.6. The van der Waals surface area contributed by atoms with Crippen LogP contribution in [0, 0.1) is 6.92 Å². The molecule has 22 heavy (non-hydrogen) atoms. The van der Waals surface area contributed by atoms with Crippen LogP contribution in [0.15, 0.2) is 45.8 Å². The molecule has 0 amide bonds. The van der Waals surface area contributed by atoms with Gasteiger partial charge in [0.1, 0.15) is 0 Å². The molecule has 0 spiro atoms.